The van der Waals surface area contributed by atoms with E-state index in [1.807, 2.05) is 0 Å². The molecule has 0 bridgehead atoms. The quantitative estimate of drug-likeness (QED) is 0.205. The van der Waals surface area contributed by atoms with Gasteiger partial charge in [-0.25, -0.2) is 0 Å². The lowest BCUT2D eigenvalue weighted by Crippen LogP contribution is -2.44. The monoisotopic (exact) mass is 550 g/mol. The molecule has 0 aromatic carbocycles. The Bertz CT molecular complexity index is 941. The summed E-state index contributed by atoms with van der Waals surface area (Å²) in [6.07, 6.45) is 21.3. The van der Waals surface area contributed by atoms with Crippen molar-refractivity contribution in [2.75, 3.05) is 0 Å². The van der Waals surface area contributed by atoms with Gasteiger partial charge < -0.3 is 5.11 Å². The van der Waals surface area contributed by atoms with Crippen molar-refractivity contribution >= 4 is 5.78 Å². The van der Waals surface area contributed by atoms with Crippen LogP contribution in [0.3, 0.4) is 0 Å². The number of ketones is 1. The van der Waals surface area contributed by atoms with Gasteiger partial charge in [-0.15, -0.1) is 0 Å². The number of carbonyl (C=O) groups is 1. The van der Waals surface area contributed by atoms with Crippen LogP contribution in [0.15, 0.2) is 47.1 Å². The van der Waals surface area contributed by atoms with Crippen LogP contribution in [0.2, 0.25) is 0 Å². The Morgan fingerprint density at radius 1 is 1.02 bits per heavy atom. The van der Waals surface area contributed by atoms with Crippen molar-refractivity contribution in [3.63, 3.8) is 0 Å². The van der Waals surface area contributed by atoms with Gasteiger partial charge in [-0.3, -0.25) is 4.79 Å². The van der Waals surface area contributed by atoms with Crippen LogP contribution in [0, 0.1) is 59.2 Å². The second-order valence-electron chi connectivity index (χ2n) is 14.5. The number of allylic oxidation sites excluding steroid dienone is 8. The number of aliphatic hydroxyl groups excluding tert-OH is 1. The Morgan fingerprint density at radius 3 is 2.30 bits per heavy atom. The summed E-state index contributed by atoms with van der Waals surface area (Å²) in [5.41, 5.74) is 4.20. The molecule has 8 atom stereocenters. The largest absolute Gasteiger partial charge is 0.392 e. The van der Waals surface area contributed by atoms with E-state index in [0.29, 0.717) is 41.3 Å². The van der Waals surface area contributed by atoms with Gasteiger partial charge in [-0.1, -0.05) is 104 Å². The summed E-state index contributed by atoms with van der Waals surface area (Å²) in [7, 11) is 0. The van der Waals surface area contributed by atoms with Gasteiger partial charge in [0.25, 0.3) is 0 Å². The standard InChI is InChI=1S/C38H62O2/c1-10-30(17-12-24(3)4)33-21-20-31(11-2)34(22-33)23-35(32-18-13-25(5)14-19-32)37(39)29(9)38(40)36-27(7)16-15-26(6)28(36)8/h10,12,15,17,21,24-25,27-29,31-32,34-36,38,40H,11,13-14,16,18-20,22-23H2,1-9H3/b17-12-,30-10+/t25?,27?,28?,29?,31-,32?,34?,35?,36?,38?/m0/s1. The second kappa shape index (κ2) is 15.2. The van der Waals surface area contributed by atoms with Gasteiger partial charge in [0, 0.05) is 11.8 Å². The van der Waals surface area contributed by atoms with Gasteiger partial charge in [-0.2, -0.15) is 0 Å². The topological polar surface area (TPSA) is 37.3 Å². The maximum absolute atomic E-state index is 14.5. The second-order valence-corrected chi connectivity index (χ2v) is 14.5. The van der Waals surface area contributed by atoms with Crippen molar-refractivity contribution in [2.24, 2.45) is 59.2 Å². The Morgan fingerprint density at radius 2 is 1.70 bits per heavy atom. The Hall–Kier alpha value is -1.41. The zero-order valence-corrected chi connectivity index (χ0v) is 27.5. The van der Waals surface area contributed by atoms with Crippen LogP contribution < -0.4 is 0 Å². The number of hydrogen-bond donors (Lipinski definition) is 1. The molecule has 0 spiro atoms. The summed E-state index contributed by atoms with van der Waals surface area (Å²) in [6, 6.07) is 0. The molecule has 0 aromatic rings. The molecule has 0 saturated heterocycles. The number of carbonyl (C=O) groups excluding carboxylic acids is 1. The third-order valence-corrected chi connectivity index (χ3v) is 11.4. The molecule has 40 heavy (non-hydrogen) atoms. The van der Waals surface area contributed by atoms with Gasteiger partial charge in [-0.05, 0) is 111 Å². The Labute approximate surface area is 247 Å². The van der Waals surface area contributed by atoms with Crippen LogP contribution in [0.1, 0.15) is 120 Å². The summed E-state index contributed by atoms with van der Waals surface area (Å²) in [5, 5.41) is 11.7. The van der Waals surface area contributed by atoms with E-state index in [9.17, 15) is 9.90 Å². The first-order valence-electron chi connectivity index (χ1n) is 16.9. The zero-order valence-electron chi connectivity index (χ0n) is 27.5. The highest BCUT2D eigenvalue weighted by Crippen LogP contribution is 2.45. The predicted molar refractivity (Wildman–Crippen MR) is 172 cm³/mol. The van der Waals surface area contributed by atoms with E-state index in [4.69, 9.17) is 0 Å². The summed E-state index contributed by atoms with van der Waals surface area (Å²) in [5.74, 6) is 3.97. The van der Waals surface area contributed by atoms with Crippen molar-refractivity contribution < 1.29 is 9.90 Å². The summed E-state index contributed by atoms with van der Waals surface area (Å²) < 4.78 is 0. The molecular weight excluding hydrogens is 488 g/mol. The van der Waals surface area contributed by atoms with Crippen LogP contribution >= 0.6 is 0 Å². The van der Waals surface area contributed by atoms with Crippen molar-refractivity contribution in [1.29, 1.82) is 0 Å². The molecule has 2 heteroatoms. The van der Waals surface area contributed by atoms with Crippen molar-refractivity contribution in [2.45, 2.75) is 126 Å². The molecular formula is C38H62O2. The number of aliphatic hydroxyl groups is 1. The van der Waals surface area contributed by atoms with Crippen LogP contribution in [0.4, 0.5) is 0 Å². The Balaban J connectivity index is 1.85. The average molecular weight is 551 g/mol. The van der Waals surface area contributed by atoms with Gasteiger partial charge in [0.05, 0.1) is 6.10 Å². The summed E-state index contributed by atoms with van der Waals surface area (Å²) in [4.78, 5) is 14.5. The zero-order chi connectivity index (χ0) is 29.6. The van der Waals surface area contributed by atoms with Crippen LogP contribution in [-0.4, -0.2) is 17.0 Å². The van der Waals surface area contributed by atoms with E-state index in [1.54, 1.807) is 0 Å². The normalized spacial score (nSPS) is 34.4. The highest BCUT2D eigenvalue weighted by molar-refractivity contribution is 5.84. The molecule has 3 aliphatic rings. The minimum absolute atomic E-state index is 0.0710. The van der Waals surface area contributed by atoms with Crippen molar-refractivity contribution in [3.8, 4) is 0 Å². The lowest BCUT2D eigenvalue weighted by atomic mass is 9.63. The van der Waals surface area contributed by atoms with Gasteiger partial charge in [0.1, 0.15) is 5.78 Å². The fourth-order valence-electron chi connectivity index (χ4n) is 8.25. The molecule has 1 saturated carbocycles. The first-order chi connectivity index (χ1) is 19.0. The van der Waals surface area contributed by atoms with E-state index in [-0.39, 0.29) is 17.8 Å². The predicted octanol–water partition coefficient (Wildman–Crippen LogP) is 10.1. The van der Waals surface area contributed by atoms with E-state index in [2.05, 4.69) is 92.7 Å². The minimum atomic E-state index is -0.564. The summed E-state index contributed by atoms with van der Waals surface area (Å²) in [6.45, 7) is 20.1. The number of rotatable bonds is 11. The van der Waals surface area contributed by atoms with Crippen LogP contribution in [0.25, 0.3) is 0 Å². The molecule has 0 amide bonds. The molecule has 1 fully saturated rings. The fourth-order valence-corrected chi connectivity index (χ4v) is 8.25. The van der Waals surface area contributed by atoms with Gasteiger partial charge in [0.2, 0.25) is 0 Å². The Kier molecular flexibility index (Phi) is 12.6. The minimum Gasteiger partial charge on any atom is -0.392 e. The van der Waals surface area contributed by atoms with Crippen LogP contribution in [0.5, 0.6) is 0 Å². The van der Waals surface area contributed by atoms with E-state index >= 15 is 0 Å². The smallest absolute Gasteiger partial charge is 0.141 e. The lowest BCUT2D eigenvalue weighted by molar-refractivity contribution is -0.135. The molecule has 226 valence electrons. The third-order valence-electron chi connectivity index (χ3n) is 11.4. The molecule has 3 aliphatic carbocycles. The van der Waals surface area contributed by atoms with Crippen molar-refractivity contribution in [1.82, 2.24) is 0 Å². The van der Waals surface area contributed by atoms with Gasteiger partial charge >= 0.3 is 0 Å². The molecule has 7 unspecified atom stereocenters. The summed E-state index contributed by atoms with van der Waals surface area (Å²) >= 11 is 0. The molecule has 0 aliphatic heterocycles. The van der Waals surface area contributed by atoms with Crippen LogP contribution in [-0.2, 0) is 4.79 Å². The molecule has 1 N–H and O–H groups in total. The molecule has 3 rings (SSSR count). The molecule has 2 nitrogen and oxygen atoms in total. The average Bonchev–Trinajstić information content (AvgIpc) is 2.94. The molecule has 0 radical (unpaired) electrons. The van der Waals surface area contributed by atoms with Gasteiger partial charge in [0.15, 0.2) is 0 Å². The first kappa shape index (κ1) is 33.1. The third kappa shape index (κ3) is 8.11. The maximum atomic E-state index is 14.5. The highest BCUT2D eigenvalue weighted by atomic mass is 16.3. The molecule has 0 aromatic heterocycles. The first-order valence-corrected chi connectivity index (χ1v) is 16.9. The lowest BCUT2D eigenvalue weighted by Gasteiger charge is -2.42. The van der Waals surface area contributed by atoms with E-state index in [1.165, 1.54) is 48.8 Å². The number of hydrogen-bond acceptors (Lipinski definition) is 2. The van der Waals surface area contributed by atoms with E-state index < -0.39 is 6.10 Å². The number of Topliss-reactive ketones (excluding diaryl/α,β-unsaturated/α-hetero) is 1. The van der Waals surface area contributed by atoms with E-state index in [0.717, 1.165) is 31.6 Å². The SMILES string of the molecule is C/C=C(\C=C/C(C)C)C1=CC[C@H](CC)C(CC(C(=O)C(C)C(O)C2C(C)CC=C(C)C2C)C2CCC(C)CC2)C1. The fraction of sp³-hybridized carbons (Fsp3) is 0.763. The highest BCUT2D eigenvalue weighted by Gasteiger charge is 2.43. The molecule has 0 heterocycles. The maximum Gasteiger partial charge on any atom is 0.141 e. The van der Waals surface area contributed by atoms with Crippen molar-refractivity contribution in [3.05, 3.63) is 47.1 Å².